The summed E-state index contributed by atoms with van der Waals surface area (Å²) in [4.78, 5) is 8.60. The monoisotopic (exact) mass is 390 g/mol. The molecule has 0 saturated carbocycles. The lowest BCUT2D eigenvalue weighted by molar-refractivity contribution is 0.0377. The number of nitrogens with one attached hydrogen (secondary N) is 2. The van der Waals surface area contributed by atoms with Gasteiger partial charge in [-0.2, -0.15) is 0 Å². The van der Waals surface area contributed by atoms with Crippen molar-refractivity contribution in [3.8, 4) is 0 Å². The standard InChI is InChI=1S/C20H30N4O2S/c1-4-18(26-14-1)6-9-22-20(23-10-7-19-5-2-17-27-19)21-8-3-11-24-12-15-25-16-13-24/h1-2,4-5,14,17H,3,6-13,15-16H2,(H2,21,22,23). The number of ether oxygens (including phenoxy) is 1. The van der Waals surface area contributed by atoms with Gasteiger partial charge in [0.2, 0.25) is 0 Å². The first-order valence-corrected chi connectivity index (χ1v) is 10.7. The first-order valence-electron chi connectivity index (χ1n) is 9.77. The zero-order chi connectivity index (χ0) is 18.6. The van der Waals surface area contributed by atoms with Gasteiger partial charge in [0.25, 0.3) is 0 Å². The van der Waals surface area contributed by atoms with E-state index < -0.39 is 0 Å². The Kier molecular flexibility index (Phi) is 8.70. The second kappa shape index (κ2) is 11.8. The lowest BCUT2D eigenvalue weighted by atomic mass is 10.3. The summed E-state index contributed by atoms with van der Waals surface area (Å²) >= 11 is 1.80. The van der Waals surface area contributed by atoms with Gasteiger partial charge in [-0.3, -0.25) is 9.89 Å². The Hall–Kier alpha value is -1.83. The van der Waals surface area contributed by atoms with Crippen LogP contribution in [0.25, 0.3) is 0 Å². The minimum absolute atomic E-state index is 0.807. The average Bonchev–Trinajstić information content (AvgIpc) is 3.40. The lowest BCUT2D eigenvalue weighted by Crippen LogP contribution is -2.40. The van der Waals surface area contributed by atoms with Crippen LogP contribution in [0.2, 0.25) is 0 Å². The quantitative estimate of drug-likeness (QED) is 0.371. The van der Waals surface area contributed by atoms with Crippen LogP contribution in [-0.4, -0.2) is 63.3 Å². The molecule has 0 atom stereocenters. The van der Waals surface area contributed by atoms with Crippen LogP contribution in [-0.2, 0) is 17.6 Å². The first-order chi connectivity index (χ1) is 13.4. The van der Waals surface area contributed by atoms with Gasteiger partial charge < -0.3 is 19.8 Å². The third kappa shape index (κ3) is 7.74. The summed E-state index contributed by atoms with van der Waals surface area (Å²) < 4.78 is 10.8. The van der Waals surface area contributed by atoms with E-state index in [0.717, 1.165) is 83.5 Å². The molecule has 2 aromatic rings. The van der Waals surface area contributed by atoms with Gasteiger partial charge in [-0.25, -0.2) is 0 Å². The number of hydrogen-bond donors (Lipinski definition) is 2. The van der Waals surface area contributed by atoms with E-state index in [4.69, 9.17) is 14.1 Å². The van der Waals surface area contributed by atoms with Crippen molar-refractivity contribution in [1.82, 2.24) is 15.5 Å². The van der Waals surface area contributed by atoms with E-state index in [2.05, 4.69) is 33.0 Å². The smallest absolute Gasteiger partial charge is 0.191 e. The van der Waals surface area contributed by atoms with E-state index in [9.17, 15) is 0 Å². The molecule has 2 aromatic heterocycles. The maximum Gasteiger partial charge on any atom is 0.191 e. The summed E-state index contributed by atoms with van der Waals surface area (Å²) in [5.41, 5.74) is 0. The van der Waals surface area contributed by atoms with Crippen LogP contribution in [0.5, 0.6) is 0 Å². The molecular formula is C20H30N4O2S. The fourth-order valence-electron chi connectivity index (χ4n) is 3.00. The third-order valence-electron chi connectivity index (χ3n) is 4.49. The molecule has 0 bridgehead atoms. The Balaban J connectivity index is 1.40. The van der Waals surface area contributed by atoms with Crippen molar-refractivity contribution in [3.63, 3.8) is 0 Å². The molecule has 148 valence electrons. The maximum atomic E-state index is 5.40. The Bertz CT molecular complexity index is 595. The highest BCUT2D eigenvalue weighted by atomic mass is 32.1. The van der Waals surface area contributed by atoms with Gasteiger partial charge in [0, 0.05) is 50.6 Å². The molecule has 7 heteroatoms. The number of rotatable bonds is 10. The fraction of sp³-hybridized carbons (Fsp3) is 0.550. The van der Waals surface area contributed by atoms with Gasteiger partial charge in [-0.05, 0) is 36.4 Å². The van der Waals surface area contributed by atoms with Crippen molar-refractivity contribution >= 4 is 17.3 Å². The highest BCUT2D eigenvalue weighted by Gasteiger charge is 2.09. The van der Waals surface area contributed by atoms with Gasteiger partial charge in [0.1, 0.15) is 5.76 Å². The van der Waals surface area contributed by atoms with Gasteiger partial charge in [-0.15, -0.1) is 11.3 Å². The molecule has 0 unspecified atom stereocenters. The number of hydrogen-bond acceptors (Lipinski definition) is 5. The molecule has 3 heterocycles. The second-order valence-electron chi connectivity index (χ2n) is 6.55. The normalized spacial score (nSPS) is 15.8. The van der Waals surface area contributed by atoms with Crippen molar-refractivity contribution in [2.75, 3.05) is 52.5 Å². The van der Waals surface area contributed by atoms with Crippen molar-refractivity contribution in [2.24, 2.45) is 4.99 Å². The highest BCUT2D eigenvalue weighted by Crippen LogP contribution is 2.08. The summed E-state index contributed by atoms with van der Waals surface area (Å²) in [6.45, 7) is 7.39. The second-order valence-corrected chi connectivity index (χ2v) is 7.58. The van der Waals surface area contributed by atoms with E-state index in [1.54, 1.807) is 17.6 Å². The van der Waals surface area contributed by atoms with Crippen LogP contribution in [0, 0.1) is 0 Å². The molecule has 0 radical (unpaired) electrons. The van der Waals surface area contributed by atoms with Crippen molar-refractivity contribution in [2.45, 2.75) is 19.3 Å². The first kappa shape index (κ1) is 19.9. The van der Waals surface area contributed by atoms with E-state index in [-0.39, 0.29) is 0 Å². The SMILES string of the molecule is c1coc(CCNC(=NCCCN2CCOCC2)NCCc2cccs2)c1. The van der Waals surface area contributed by atoms with Crippen LogP contribution < -0.4 is 10.6 Å². The molecule has 3 rings (SSSR count). The van der Waals surface area contributed by atoms with Crippen molar-refractivity contribution in [1.29, 1.82) is 0 Å². The molecule has 1 aliphatic heterocycles. The highest BCUT2D eigenvalue weighted by molar-refractivity contribution is 7.09. The molecular weight excluding hydrogens is 360 g/mol. The molecule has 0 amide bonds. The van der Waals surface area contributed by atoms with E-state index >= 15 is 0 Å². The predicted octanol–water partition coefficient (Wildman–Crippen LogP) is 2.38. The summed E-state index contributed by atoms with van der Waals surface area (Å²) in [6.07, 6.45) is 4.65. The minimum atomic E-state index is 0.807. The number of nitrogens with zero attached hydrogens (tertiary/aromatic N) is 2. The number of aliphatic imine (C=N–C) groups is 1. The average molecular weight is 391 g/mol. The van der Waals surface area contributed by atoms with Crippen LogP contribution >= 0.6 is 11.3 Å². The summed E-state index contributed by atoms with van der Waals surface area (Å²) in [5.74, 6) is 1.88. The summed E-state index contributed by atoms with van der Waals surface area (Å²) in [5, 5.41) is 9.01. The Morgan fingerprint density at radius 1 is 1.11 bits per heavy atom. The van der Waals surface area contributed by atoms with Crippen LogP contribution in [0.3, 0.4) is 0 Å². The Labute approximate surface area is 165 Å². The Morgan fingerprint density at radius 3 is 2.70 bits per heavy atom. The van der Waals surface area contributed by atoms with Gasteiger partial charge >= 0.3 is 0 Å². The molecule has 6 nitrogen and oxygen atoms in total. The van der Waals surface area contributed by atoms with Gasteiger partial charge in [0.15, 0.2) is 5.96 Å². The fourth-order valence-corrected chi connectivity index (χ4v) is 3.71. The van der Waals surface area contributed by atoms with E-state index in [1.165, 1.54) is 4.88 Å². The predicted molar refractivity (Wildman–Crippen MR) is 111 cm³/mol. The lowest BCUT2D eigenvalue weighted by Gasteiger charge is -2.26. The molecule has 0 aromatic carbocycles. The van der Waals surface area contributed by atoms with E-state index in [0.29, 0.717) is 0 Å². The number of thiophene rings is 1. The number of furan rings is 1. The molecule has 1 saturated heterocycles. The third-order valence-corrected chi connectivity index (χ3v) is 5.43. The molecule has 0 spiro atoms. The molecule has 27 heavy (non-hydrogen) atoms. The maximum absolute atomic E-state index is 5.40. The van der Waals surface area contributed by atoms with Crippen LogP contribution in [0.1, 0.15) is 17.1 Å². The molecule has 1 fully saturated rings. The number of morpholine rings is 1. The van der Waals surface area contributed by atoms with E-state index in [1.807, 2.05) is 12.1 Å². The van der Waals surface area contributed by atoms with Gasteiger partial charge in [-0.1, -0.05) is 6.07 Å². The van der Waals surface area contributed by atoms with Crippen molar-refractivity contribution < 1.29 is 9.15 Å². The summed E-state index contributed by atoms with van der Waals surface area (Å²) in [7, 11) is 0. The van der Waals surface area contributed by atoms with Crippen LogP contribution in [0.4, 0.5) is 0 Å². The van der Waals surface area contributed by atoms with Crippen LogP contribution in [0.15, 0.2) is 45.3 Å². The largest absolute Gasteiger partial charge is 0.469 e. The van der Waals surface area contributed by atoms with Gasteiger partial charge in [0.05, 0.1) is 19.5 Å². The minimum Gasteiger partial charge on any atom is -0.469 e. The zero-order valence-corrected chi connectivity index (χ0v) is 16.7. The molecule has 2 N–H and O–H groups in total. The summed E-state index contributed by atoms with van der Waals surface area (Å²) in [6, 6.07) is 8.21. The number of guanidine groups is 1. The molecule has 1 aliphatic rings. The molecule has 0 aliphatic carbocycles. The zero-order valence-electron chi connectivity index (χ0n) is 15.9. The topological polar surface area (TPSA) is 62.0 Å². The van der Waals surface area contributed by atoms with Crippen molar-refractivity contribution in [3.05, 3.63) is 46.5 Å². The Morgan fingerprint density at radius 2 is 1.96 bits per heavy atom.